The summed E-state index contributed by atoms with van der Waals surface area (Å²) in [5.74, 6) is -1.70. The zero-order valence-electron chi connectivity index (χ0n) is 6.87. The molecule has 0 spiro atoms. The van der Waals surface area contributed by atoms with Crippen LogP contribution < -0.4 is 11.5 Å². The first-order valence-electron chi connectivity index (χ1n) is 3.50. The van der Waals surface area contributed by atoms with E-state index < -0.39 is 29.5 Å². The second kappa shape index (κ2) is 3.44. The van der Waals surface area contributed by atoms with Crippen LogP contribution in [-0.4, -0.2) is 16.0 Å². The number of nitrogens with two attached hydrogens (primary N) is 2. The third-order valence-electron chi connectivity index (χ3n) is 1.50. The lowest BCUT2D eigenvalue weighted by atomic mass is 10.2. The number of carbonyl (C=O) groups excluding carboxylic acids is 1. The van der Waals surface area contributed by atoms with Gasteiger partial charge in [-0.25, -0.2) is 13.8 Å². The molecule has 0 fully saturated rings. The largest absolute Gasteiger partial charge is 0.505 e. The zero-order valence-corrected chi connectivity index (χ0v) is 6.87. The summed E-state index contributed by atoms with van der Waals surface area (Å²) in [5.41, 5.74) is 8.15. The first-order chi connectivity index (χ1) is 6.43. The van der Waals surface area contributed by atoms with Gasteiger partial charge in [0, 0.05) is 6.07 Å². The molecule has 0 unspecified atom stereocenters. The molecule has 1 aromatic heterocycles. The van der Waals surface area contributed by atoms with E-state index in [0.717, 1.165) is 6.07 Å². The van der Waals surface area contributed by atoms with Crippen molar-refractivity contribution in [3.63, 3.8) is 0 Å². The summed E-state index contributed by atoms with van der Waals surface area (Å²) < 4.78 is 24.5. The van der Waals surface area contributed by atoms with Crippen LogP contribution in [0.15, 0.2) is 6.07 Å². The first kappa shape index (κ1) is 10.2. The Balaban J connectivity index is 3.34. The smallest absolute Gasteiger partial charge is 0.282 e. The maximum atomic E-state index is 12.2. The molecule has 1 amide bonds. The van der Waals surface area contributed by atoms with Crippen molar-refractivity contribution in [1.82, 2.24) is 4.98 Å². The summed E-state index contributed by atoms with van der Waals surface area (Å²) in [6, 6.07) is 0.814. The number of hydrogen-bond donors (Lipinski definition) is 3. The van der Waals surface area contributed by atoms with Crippen molar-refractivity contribution in [2.24, 2.45) is 5.73 Å². The predicted molar refractivity (Wildman–Crippen MR) is 43.8 cm³/mol. The Hall–Kier alpha value is -1.92. The van der Waals surface area contributed by atoms with Crippen LogP contribution >= 0.6 is 0 Å². The van der Waals surface area contributed by atoms with E-state index >= 15 is 0 Å². The van der Waals surface area contributed by atoms with E-state index in [9.17, 15) is 13.6 Å². The van der Waals surface area contributed by atoms with Crippen molar-refractivity contribution in [2.75, 3.05) is 5.73 Å². The molecule has 0 aliphatic heterocycles. The Bertz CT molecular complexity index is 381. The van der Waals surface area contributed by atoms with Gasteiger partial charge < -0.3 is 16.6 Å². The minimum atomic E-state index is -2.92. The summed E-state index contributed by atoms with van der Waals surface area (Å²) in [4.78, 5) is 13.8. The van der Waals surface area contributed by atoms with E-state index in [1.165, 1.54) is 0 Å². The van der Waals surface area contributed by atoms with Gasteiger partial charge in [0.1, 0.15) is 11.4 Å². The molecule has 5 N–H and O–H groups in total. The van der Waals surface area contributed by atoms with Crippen LogP contribution in [0.4, 0.5) is 14.5 Å². The van der Waals surface area contributed by atoms with Gasteiger partial charge >= 0.3 is 0 Å². The van der Waals surface area contributed by atoms with Crippen LogP contribution in [0.25, 0.3) is 0 Å². The number of alkyl halides is 2. The quantitative estimate of drug-likeness (QED) is 0.647. The molecular formula is C7H7F2N3O2. The maximum Gasteiger partial charge on any atom is 0.282 e. The number of nitrogens with zero attached hydrogens (tertiary/aromatic N) is 1. The second-order valence-electron chi connectivity index (χ2n) is 2.50. The SMILES string of the molecule is NC(=O)c1nc(C(F)F)c(N)cc1O. The van der Waals surface area contributed by atoms with Gasteiger partial charge in [-0.2, -0.15) is 0 Å². The van der Waals surface area contributed by atoms with Crippen LogP contribution in [-0.2, 0) is 0 Å². The molecule has 0 atom stereocenters. The molecule has 1 rings (SSSR count). The van der Waals surface area contributed by atoms with Gasteiger partial charge in [-0.05, 0) is 0 Å². The molecule has 1 aromatic rings. The third-order valence-corrected chi connectivity index (χ3v) is 1.50. The predicted octanol–water partition coefficient (Wildman–Crippen LogP) is 0.406. The molecule has 1 heterocycles. The van der Waals surface area contributed by atoms with Crippen molar-refractivity contribution in [3.8, 4) is 5.75 Å². The highest BCUT2D eigenvalue weighted by atomic mass is 19.3. The molecule has 0 radical (unpaired) electrons. The molecule has 0 saturated heterocycles. The van der Waals surface area contributed by atoms with Crippen LogP contribution in [0.5, 0.6) is 5.75 Å². The lowest BCUT2D eigenvalue weighted by Gasteiger charge is -2.06. The first-order valence-corrected chi connectivity index (χ1v) is 3.50. The van der Waals surface area contributed by atoms with Crippen molar-refractivity contribution >= 4 is 11.6 Å². The van der Waals surface area contributed by atoms with Crippen LogP contribution in [0.1, 0.15) is 22.6 Å². The van der Waals surface area contributed by atoms with E-state index in [0.29, 0.717) is 0 Å². The molecule has 14 heavy (non-hydrogen) atoms. The molecule has 7 heteroatoms. The van der Waals surface area contributed by atoms with Gasteiger partial charge in [-0.1, -0.05) is 0 Å². The van der Waals surface area contributed by atoms with Crippen molar-refractivity contribution < 1.29 is 18.7 Å². The number of halogens is 2. The number of aromatic nitrogens is 1. The fraction of sp³-hybridized carbons (Fsp3) is 0.143. The zero-order chi connectivity index (χ0) is 10.9. The minimum Gasteiger partial charge on any atom is -0.505 e. The lowest BCUT2D eigenvalue weighted by molar-refractivity contribution is 0.0990. The number of rotatable bonds is 2. The Morgan fingerprint density at radius 1 is 1.57 bits per heavy atom. The molecular weight excluding hydrogens is 196 g/mol. The molecule has 0 bridgehead atoms. The number of aromatic hydroxyl groups is 1. The van der Waals surface area contributed by atoms with Crippen LogP contribution in [0.2, 0.25) is 0 Å². The van der Waals surface area contributed by atoms with E-state index in [-0.39, 0.29) is 5.69 Å². The standard InChI is InChI=1S/C7H7F2N3O2/c8-6(9)4-2(10)1-3(13)5(12-4)7(11)14/h1,6,13H,10H2,(H2,11,14). The third kappa shape index (κ3) is 1.70. The van der Waals surface area contributed by atoms with Crippen molar-refractivity contribution in [2.45, 2.75) is 6.43 Å². The van der Waals surface area contributed by atoms with Gasteiger partial charge in [-0.3, -0.25) is 4.79 Å². The average Bonchev–Trinajstić information content (AvgIpc) is 2.02. The monoisotopic (exact) mass is 203 g/mol. The summed E-state index contributed by atoms with van der Waals surface area (Å²) in [5, 5.41) is 9.08. The number of primary amides is 1. The number of anilines is 1. The summed E-state index contributed by atoms with van der Waals surface area (Å²) in [7, 11) is 0. The van der Waals surface area contributed by atoms with Gasteiger partial charge in [-0.15, -0.1) is 0 Å². The number of nitrogen functional groups attached to an aromatic ring is 1. The van der Waals surface area contributed by atoms with Crippen molar-refractivity contribution in [1.29, 1.82) is 0 Å². The maximum absolute atomic E-state index is 12.2. The highest BCUT2D eigenvalue weighted by Gasteiger charge is 2.19. The van der Waals surface area contributed by atoms with Gasteiger partial charge in [0.05, 0.1) is 5.69 Å². The molecule has 0 aliphatic rings. The van der Waals surface area contributed by atoms with Crippen molar-refractivity contribution in [3.05, 3.63) is 17.5 Å². The van der Waals surface area contributed by atoms with Crippen LogP contribution in [0.3, 0.4) is 0 Å². The number of pyridine rings is 1. The normalized spacial score (nSPS) is 10.5. The van der Waals surface area contributed by atoms with E-state index in [1.807, 2.05) is 0 Å². The fourth-order valence-corrected chi connectivity index (χ4v) is 0.888. The number of carbonyl (C=O) groups is 1. The summed E-state index contributed by atoms with van der Waals surface area (Å²) in [6.07, 6.45) is -2.92. The minimum absolute atomic E-state index is 0.387. The summed E-state index contributed by atoms with van der Waals surface area (Å²) in [6.45, 7) is 0. The second-order valence-corrected chi connectivity index (χ2v) is 2.50. The van der Waals surface area contributed by atoms with E-state index in [2.05, 4.69) is 4.98 Å². The lowest BCUT2D eigenvalue weighted by Crippen LogP contribution is -2.15. The topological polar surface area (TPSA) is 102 Å². The number of hydrogen-bond acceptors (Lipinski definition) is 4. The van der Waals surface area contributed by atoms with Gasteiger partial charge in [0.25, 0.3) is 12.3 Å². The molecule has 0 aromatic carbocycles. The highest BCUT2D eigenvalue weighted by Crippen LogP contribution is 2.27. The Morgan fingerprint density at radius 2 is 2.14 bits per heavy atom. The van der Waals surface area contributed by atoms with E-state index in [4.69, 9.17) is 16.6 Å². The van der Waals surface area contributed by atoms with Crippen LogP contribution in [0, 0.1) is 0 Å². The molecule has 5 nitrogen and oxygen atoms in total. The number of amides is 1. The molecule has 0 aliphatic carbocycles. The average molecular weight is 203 g/mol. The Kier molecular flexibility index (Phi) is 2.50. The van der Waals surface area contributed by atoms with Gasteiger partial charge in [0.15, 0.2) is 5.69 Å². The summed E-state index contributed by atoms with van der Waals surface area (Å²) >= 11 is 0. The highest BCUT2D eigenvalue weighted by molar-refractivity contribution is 5.93. The Labute approximate surface area is 77.3 Å². The molecule has 0 saturated carbocycles. The molecule has 76 valence electrons. The fourth-order valence-electron chi connectivity index (χ4n) is 0.888. The van der Waals surface area contributed by atoms with E-state index in [1.54, 1.807) is 0 Å². The van der Waals surface area contributed by atoms with Gasteiger partial charge in [0.2, 0.25) is 0 Å². The Morgan fingerprint density at radius 3 is 2.57 bits per heavy atom.